The quantitative estimate of drug-likeness (QED) is 0.253. The van der Waals surface area contributed by atoms with Crippen LogP contribution in [0.15, 0.2) is 90.8 Å². The van der Waals surface area contributed by atoms with E-state index in [2.05, 4.69) is 119 Å². The molecule has 1 radical (unpaired) electrons. The first-order chi connectivity index (χ1) is 18.0. The lowest BCUT2D eigenvalue weighted by molar-refractivity contribution is -0.516. The van der Waals surface area contributed by atoms with Crippen LogP contribution >= 0.6 is 0 Å². The molecule has 0 amide bonds. The molecule has 2 N–H and O–H groups in total. The predicted molar refractivity (Wildman–Crippen MR) is 148 cm³/mol. The van der Waals surface area contributed by atoms with E-state index in [4.69, 9.17) is 5.73 Å². The van der Waals surface area contributed by atoms with Crippen LogP contribution in [0.3, 0.4) is 0 Å². The summed E-state index contributed by atoms with van der Waals surface area (Å²) in [6.07, 6.45) is 7.32. The molecule has 183 valence electrons. The Balaban J connectivity index is 1.46. The molecule has 0 unspecified atom stereocenters. The van der Waals surface area contributed by atoms with Crippen LogP contribution in [0.1, 0.15) is 36.4 Å². The highest BCUT2D eigenvalue weighted by atomic mass is 15.5. The van der Waals surface area contributed by atoms with Crippen molar-refractivity contribution >= 4 is 24.6 Å². The van der Waals surface area contributed by atoms with Crippen LogP contribution in [0.4, 0.5) is 5.69 Å². The second-order valence-corrected chi connectivity index (χ2v) is 10.1. The fraction of sp³-hybridized carbons (Fsp3) is 0.207. The van der Waals surface area contributed by atoms with Crippen LogP contribution < -0.4 is 5.73 Å². The Labute approximate surface area is 218 Å². The van der Waals surface area contributed by atoms with Gasteiger partial charge in [0.15, 0.2) is 0 Å². The Hall–Kier alpha value is -4.33. The number of fused-ring (bicyclic) bond motifs is 2. The van der Waals surface area contributed by atoms with Crippen molar-refractivity contribution < 1.29 is 4.58 Å². The number of anilines is 1. The van der Waals surface area contributed by atoms with Crippen molar-refractivity contribution in [1.29, 1.82) is 0 Å². The van der Waals surface area contributed by atoms with Gasteiger partial charge in [0.1, 0.15) is 18.1 Å². The number of nitrogens with zero attached hydrogens (tertiary/aromatic N) is 6. The summed E-state index contributed by atoms with van der Waals surface area (Å²) in [6, 6.07) is 22.9. The van der Waals surface area contributed by atoms with Gasteiger partial charge >= 0.3 is 7.55 Å². The van der Waals surface area contributed by atoms with Gasteiger partial charge in [0, 0.05) is 23.0 Å². The molecule has 2 aromatic heterocycles. The Bertz CT molecular complexity index is 1540. The van der Waals surface area contributed by atoms with Gasteiger partial charge in [-0.25, -0.2) is 4.68 Å². The van der Waals surface area contributed by atoms with Crippen molar-refractivity contribution in [2.45, 2.75) is 26.8 Å². The summed E-state index contributed by atoms with van der Waals surface area (Å²) in [5.74, 6) is 2.58. The number of nitrogen functional groups attached to an aromatic ring is 1. The van der Waals surface area contributed by atoms with Crippen LogP contribution in [0, 0.1) is 5.92 Å². The number of hydrogen-bond donors (Lipinski definition) is 1. The normalized spacial score (nSPS) is 15.7. The van der Waals surface area contributed by atoms with Crippen molar-refractivity contribution in [1.82, 2.24) is 24.3 Å². The monoisotopic (exact) mass is 487 g/mol. The Morgan fingerprint density at radius 1 is 0.973 bits per heavy atom. The highest BCUT2D eigenvalue weighted by Crippen LogP contribution is 2.37. The molecular weight excluding hydrogens is 457 g/mol. The minimum Gasteiger partial charge on any atom is -0.399 e. The van der Waals surface area contributed by atoms with E-state index < -0.39 is 0 Å². The summed E-state index contributed by atoms with van der Waals surface area (Å²) >= 11 is 0. The minimum atomic E-state index is 0.522. The fourth-order valence-corrected chi connectivity index (χ4v) is 5.08. The molecule has 4 heterocycles. The number of hydrogen-bond acceptors (Lipinski definition) is 3. The molecule has 37 heavy (non-hydrogen) atoms. The van der Waals surface area contributed by atoms with Crippen LogP contribution in [-0.4, -0.2) is 49.3 Å². The van der Waals surface area contributed by atoms with Crippen LogP contribution in [-0.2, 0) is 13.0 Å². The number of rotatable bonds is 6. The van der Waals surface area contributed by atoms with Crippen LogP contribution in [0.25, 0.3) is 11.4 Å². The second-order valence-electron chi connectivity index (χ2n) is 10.1. The van der Waals surface area contributed by atoms with Crippen molar-refractivity contribution in [3.05, 3.63) is 113 Å². The van der Waals surface area contributed by atoms with E-state index >= 15 is 0 Å². The number of amidine groups is 1. The van der Waals surface area contributed by atoms with Gasteiger partial charge in [-0.2, -0.15) is 0 Å². The smallest absolute Gasteiger partial charge is 0.399 e. The van der Waals surface area contributed by atoms with E-state index in [1.807, 2.05) is 23.0 Å². The predicted octanol–water partition coefficient (Wildman–Crippen LogP) is 4.12. The summed E-state index contributed by atoms with van der Waals surface area (Å²) in [4.78, 5) is 2.26. The average Bonchev–Trinajstić information content (AvgIpc) is 3.62. The molecule has 0 fully saturated rings. The summed E-state index contributed by atoms with van der Waals surface area (Å²) < 4.78 is 6.35. The zero-order chi connectivity index (χ0) is 25.5. The van der Waals surface area contributed by atoms with E-state index in [9.17, 15) is 0 Å². The number of benzene rings is 2. The zero-order valence-electron chi connectivity index (χ0n) is 21.4. The van der Waals surface area contributed by atoms with Gasteiger partial charge in [-0.05, 0) is 53.8 Å². The average molecular weight is 487 g/mol. The molecule has 2 aromatic carbocycles. The molecule has 6 rings (SSSR count). The molecule has 0 bridgehead atoms. The van der Waals surface area contributed by atoms with Gasteiger partial charge < -0.3 is 10.2 Å². The highest BCUT2D eigenvalue weighted by molar-refractivity contribution is 6.40. The minimum absolute atomic E-state index is 0.522. The van der Waals surface area contributed by atoms with E-state index in [0.717, 1.165) is 58.5 Å². The van der Waals surface area contributed by atoms with Gasteiger partial charge in [0.2, 0.25) is 0 Å². The molecule has 2 aliphatic heterocycles. The maximum atomic E-state index is 6.03. The van der Waals surface area contributed by atoms with E-state index in [1.54, 1.807) is 0 Å². The number of aromatic nitrogens is 4. The lowest BCUT2D eigenvalue weighted by atomic mass is 9.91. The standard InChI is InChI=1S/C29H29BN7/c1-20(2)17-24-19-35(33-32-24)28-16-14-26-29(22-9-11-23(31)12-10-22)25-13-15-27(36(25)30-37(26)28)34(3)18-21-7-5-4-6-8-21/h4-16,19-20,31H,17-18H2,1-3H3/p+1. The second kappa shape index (κ2) is 9.28. The third-order valence-corrected chi connectivity index (χ3v) is 6.78. The first kappa shape index (κ1) is 23.1. The third-order valence-electron chi connectivity index (χ3n) is 6.78. The van der Waals surface area contributed by atoms with Crippen molar-refractivity contribution in [3.63, 3.8) is 0 Å². The molecule has 7 nitrogen and oxygen atoms in total. The number of allylic oxidation sites excluding steroid dienone is 1. The van der Waals surface area contributed by atoms with Crippen LogP contribution in [0.5, 0.6) is 0 Å². The molecule has 0 atom stereocenters. The molecule has 8 heteroatoms. The van der Waals surface area contributed by atoms with Gasteiger partial charge in [0.25, 0.3) is 5.84 Å². The molecule has 0 aliphatic carbocycles. The zero-order valence-corrected chi connectivity index (χ0v) is 21.4. The van der Waals surface area contributed by atoms with E-state index in [1.165, 1.54) is 5.56 Å². The summed E-state index contributed by atoms with van der Waals surface area (Å²) in [5.41, 5.74) is 13.5. The summed E-state index contributed by atoms with van der Waals surface area (Å²) in [7, 11) is 4.29. The Morgan fingerprint density at radius 3 is 2.51 bits per heavy atom. The lowest BCUT2D eigenvalue weighted by Crippen LogP contribution is -2.41. The summed E-state index contributed by atoms with van der Waals surface area (Å²) in [5, 5.41) is 8.89. The molecular formula is C29H30BN7+. The maximum absolute atomic E-state index is 6.03. The van der Waals surface area contributed by atoms with E-state index in [0.29, 0.717) is 5.92 Å². The highest BCUT2D eigenvalue weighted by Gasteiger charge is 2.40. The third kappa shape index (κ3) is 4.29. The topological polar surface area (TPSA) is 67.9 Å². The lowest BCUT2D eigenvalue weighted by Gasteiger charge is -2.26. The Morgan fingerprint density at radius 2 is 1.76 bits per heavy atom. The van der Waals surface area contributed by atoms with Crippen molar-refractivity contribution in [2.24, 2.45) is 5.92 Å². The molecule has 4 aromatic rings. The van der Waals surface area contributed by atoms with Gasteiger partial charge in [-0.3, -0.25) is 9.39 Å². The number of nitrogens with two attached hydrogens (primary N) is 1. The first-order valence-electron chi connectivity index (χ1n) is 12.7. The fourth-order valence-electron chi connectivity index (χ4n) is 5.08. The summed E-state index contributed by atoms with van der Waals surface area (Å²) in [6.45, 7) is 5.20. The molecule has 2 aliphatic rings. The largest absolute Gasteiger partial charge is 0.553 e. The van der Waals surface area contributed by atoms with Gasteiger partial charge in [-0.15, -0.1) is 5.10 Å². The van der Waals surface area contributed by atoms with Crippen molar-refractivity contribution in [2.75, 3.05) is 12.8 Å². The van der Waals surface area contributed by atoms with Gasteiger partial charge in [0.05, 0.1) is 18.9 Å². The first-order valence-corrected chi connectivity index (χ1v) is 12.7. The maximum Gasteiger partial charge on any atom is 0.553 e. The van der Waals surface area contributed by atoms with Crippen molar-refractivity contribution in [3.8, 4) is 5.82 Å². The SMILES string of the molecule is CC(C)Cc1cn(-c2ccc3n2[B]N2C(=C3c3ccc(N)cc3)C=CC2=[N+](C)Cc2ccccc2)nn1. The van der Waals surface area contributed by atoms with Gasteiger partial charge in [-0.1, -0.05) is 61.5 Å². The van der Waals surface area contributed by atoms with E-state index in [-0.39, 0.29) is 0 Å². The Kier molecular flexibility index (Phi) is 5.79. The molecule has 0 saturated heterocycles. The molecule has 0 saturated carbocycles. The molecule has 0 spiro atoms. The van der Waals surface area contributed by atoms with Crippen LogP contribution in [0.2, 0.25) is 0 Å².